The van der Waals surface area contributed by atoms with Gasteiger partial charge in [0, 0.05) is 7.05 Å². The lowest BCUT2D eigenvalue weighted by molar-refractivity contribution is -0.118. The molecule has 0 bridgehead atoms. The van der Waals surface area contributed by atoms with Crippen LogP contribution in [0.15, 0.2) is 36.4 Å². The number of alkyl halides is 1. The number of fused-ring (bicyclic) bond motifs is 1. The third-order valence-electron chi connectivity index (χ3n) is 4.61. The molecule has 2 aromatic carbocycles. The molecule has 1 amide bonds. The summed E-state index contributed by atoms with van der Waals surface area (Å²) in [6, 6.07) is 7.44. The number of rotatable bonds is 3. The molecule has 2 aromatic rings. The molecule has 0 saturated carbocycles. The van der Waals surface area contributed by atoms with Crippen LogP contribution in [0.1, 0.15) is 18.0 Å². The minimum Gasteiger partial charge on any atom is -0.425 e. The predicted molar refractivity (Wildman–Crippen MR) is 89.6 cm³/mol. The highest BCUT2D eigenvalue weighted by molar-refractivity contribution is 5.95. The number of carbonyl (C=O) groups is 1. The molecule has 2 heterocycles. The fraction of sp³-hybridized carbons (Fsp3) is 0.278. The molecule has 0 radical (unpaired) electrons. The van der Waals surface area contributed by atoms with Gasteiger partial charge in [-0.25, -0.2) is 19.2 Å². The van der Waals surface area contributed by atoms with Crippen molar-refractivity contribution in [1.82, 2.24) is 10.4 Å². The highest BCUT2D eigenvalue weighted by Crippen LogP contribution is 2.39. The lowest BCUT2D eigenvalue weighted by Gasteiger charge is -2.19. The van der Waals surface area contributed by atoms with Gasteiger partial charge in [0.2, 0.25) is 5.91 Å². The Morgan fingerprint density at radius 3 is 2.63 bits per heavy atom. The molecule has 6 nitrogen and oxygen atoms in total. The zero-order valence-electron chi connectivity index (χ0n) is 14.2. The number of hydrogen-bond acceptors (Lipinski definition) is 5. The van der Waals surface area contributed by atoms with Gasteiger partial charge in [0.05, 0.1) is 6.04 Å². The molecular formula is C18H16F3N3O3. The van der Waals surface area contributed by atoms with E-state index in [9.17, 15) is 18.0 Å². The van der Waals surface area contributed by atoms with Crippen LogP contribution < -0.4 is 20.2 Å². The van der Waals surface area contributed by atoms with Crippen molar-refractivity contribution in [3.8, 4) is 11.5 Å². The molecule has 0 spiro atoms. The normalized spacial score (nSPS) is 24.2. The summed E-state index contributed by atoms with van der Waals surface area (Å²) >= 11 is 0. The average Bonchev–Trinajstić information content (AvgIpc) is 3.19. The van der Waals surface area contributed by atoms with Gasteiger partial charge < -0.3 is 14.8 Å². The quantitative estimate of drug-likeness (QED) is 0.859. The summed E-state index contributed by atoms with van der Waals surface area (Å²) in [5.41, 5.74) is 3.27. The van der Waals surface area contributed by atoms with Gasteiger partial charge in [0.15, 0.2) is 11.5 Å². The number of nitrogens with one attached hydrogen (secondary N) is 2. The fourth-order valence-corrected chi connectivity index (χ4v) is 3.27. The van der Waals surface area contributed by atoms with Crippen molar-refractivity contribution in [3.63, 3.8) is 0 Å². The fourth-order valence-electron chi connectivity index (χ4n) is 3.27. The summed E-state index contributed by atoms with van der Waals surface area (Å²) in [7, 11) is 1.74. The van der Waals surface area contributed by atoms with E-state index in [2.05, 4.69) is 10.7 Å². The van der Waals surface area contributed by atoms with Gasteiger partial charge in [-0.1, -0.05) is 12.1 Å². The number of amides is 1. The Bertz CT molecular complexity index is 875. The Kier molecular flexibility index (Phi) is 4.40. The molecule has 2 aliphatic heterocycles. The van der Waals surface area contributed by atoms with Crippen LogP contribution in [-0.2, 0) is 4.79 Å². The Balaban J connectivity index is 1.48. The SMILES string of the molecule is CN1NC(C(=O)Nc2c(F)cccc2F)CC1c1ccc2c(c1)OC(F)O2. The number of carbonyl (C=O) groups excluding carboxylic acids is 1. The first-order valence-corrected chi connectivity index (χ1v) is 8.27. The molecule has 2 aliphatic rings. The molecule has 2 N–H and O–H groups in total. The van der Waals surface area contributed by atoms with Gasteiger partial charge in [-0.2, -0.15) is 4.39 Å². The van der Waals surface area contributed by atoms with E-state index in [1.54, 1.807) is 30.3 Å². The minimum atomic E-state index is -1.83. The summed E-state index contributed by atoms with van der Waals surface area (Å²) in [6.07, 6.45) is 0.344. The second-order valence-corrected chi connectivity index (χ2v) is 6.35. The summed E-state index contributed by atoms with van der Waals surface area (Å²) in [5.74, 6) is -1.65. The second-order valence-electron chi connectivity index (χ2n) is 6.35. The molecule has 3 atom stereocenters. The predicted octanol–water partition coefficient (Wildman–Crippen LogP) is 2.88. The van der Waals surface area contributed by atoms with Crippen molar-refractivity contribution in [3.05, 3.63) is 53.6 Å². The zero-order valence-corrected chi connectivity index (χ0v) is 14.2. The van der Waals surface area contributed by atoms with E-state index in [4.69, 9.17) is 9.47 Å². The van der Waals surface area contributed by atoms with E-state index in [0.717, 1.165) is 17.7 Å². The van der Waals surface area contributed by atoms with E-state index in [0.29, 0.717) is 12.2 Å². The summed E-state index contributed by atoms with van der Waals surface area (Å²) in [4.78, 5) is 12.4. The first kappa shape index (κ1) is 17.6. The summed E-state index contributed by atoms with van der Waals surface area (Å²) in [5, 5.41) is 4.00. The van der Waals surface area contributed by atoms with Gasteiger partial charge in [0.1, 0.15) is 23.4 Å². The molecule has 3 unspecified atom stereocenters. The van der Waals surface area contributed by atoms with Crippen molar-refractivity contribution >= 4 is 11.6 Å². The molecule has 0 aliphatic carbocycles. The van der Waals surface area contributed by atoms with E-state index >= 15 is 0 Å². The van der Waals surface area contributed by atoms with Gasteiger partial charge in [-0.3, -0.25) is 4.79 Å². The van der Waals surface area contributed by atoms with Crippen molar-refractivity contribution < 1.29 is 27.4 Å². The van der Waals surface area contributed by atoms with Crippen LogP contribution in [0.3, 0.4) is 0 Å². The maximum atomic E-state index is 13.7. The second kappa shape index (κ2) is 6.75. The molecule has 1 fully saturated rings. The number of ether oxygens (including phenoxy) is 2. The van der Waals surface area contributed by atoms with E-state index in [1.165, 1.54) is 6.07 Å². The van der Waals surface area contributed by atoms with Crippen LogP contribution in [0.25, 0.3) is 0 Å². The molecule has 9 heteroatoms. The lowest BCUT2D eigenvalue weighted by Crippen LogP contribution is -2.40. The van der Waals surface area contributed by atoms with Gasteiger partial charge in [-0.05, 0) is 36.2 Å². The van der Waals surface area contributed by atoms with Crippen LogP contribution in [0.2, 0.25) is 0 Å². The highest BCUT2D eigenvalue weighted by atomic mass is 19.2. The minimum absolute atomic E-state index is 0.223. The maximum absolute atomic E-state index is 13.7. The van der Waals surface area contributed by atoms with E-state index in [1.807, 2.05) is 0 Å². The number of benzene rings is 2. The van der Waals surface area contributed by atoms with Crippen molar-refractivity contribution in [2.45, 2.75) is 25.0 Å². The van der Waals surface area contributed by atoms with Crippen molar-refractivity contribution in [1.29, 1.82) is 0 Å². The van der Waals surface area contributed by atoms with Crippen molar-refractivity contribution in [2.24, 2.45) is 0 Å². The number of halogens is 3. The van der Waals surface area contributed by atoms with Crippen LogP contribution in [0, 0.1) is 11.6 Å². The maximum Gasteiger partial charge on any atom is 0.397 e. The van der Waals surface area contributed by atoms with Crippen molar-refractivity contribution in [2.75, 3.05) is 12.4 Å². The number of anilines is 1. The first-order valence-electron chi connectivity index (χ1n) is 8.27. The third kappa shape index (κ3) is 3.31. The van der Waals surface area contributed by atoms with Crippen LogP contribution in [0.5, 0.6) is 11.5 Å². The van der Waals surface area contributed by atoms with E-state index in [-0.39, 0.29) is 11.8 Å². The summed E-state index contributed by atoms with van der Waals surface area (Å²) < 4.78 is 50.4. The standard InChI is InChI=1S/C18H16F3N3O3/c1-24-13(9-5-6-14-15(7-9)27-18(21)26-14)8-12(23-24)17(25)22-16-10(19)3-2-4-11(16)20/h2-7,12-13,18,23H,8H2,1H3,(H,22,25). The largest absolute Gasteiger partial charge is 0.425 e. The Hall–Kier alpha value is -2.78. The number of hydrazine groups is 1. The monoisotopic (exact) mass is 379 g/mol. The third-order valence-corrected chi connectivity index (χ3v) is 4.61. The van der Waals surface area contributed by atoms with Crippen LogP contribution in [-0.4, -0.2) is 30.5 Å². The molecule has 1 saturated heterocycles. The smallest absolute Gasteiger partial charge is 0.397 e. The van der Waals surface area contributed by atoms with Crippen LogP contribution in [0.4, 0.5) is 18.9 Å². The number of para-hydroxylation sites is 1. The Labute approximate surface area is 152 Å². The van der Waals surface area contributed by atoms with Gasteiger partial charge >= 0.3 is 6.54 Å². The number of nitrogens with zero attached hydrogens (tertiary/aromatic N) is 1. The number of hydrogen-bond donors (Lipinski definition) is 2. The average molecular weight is 379 g/mol. The van der Waals surface area contributed by atoms with E-state index < -0.39 is 35.8 Å². The highest BCUT2D eigenvalue weighted by Gasteiger charge is 2.36. The molecule has 4 rings (SSSR count). The topological polar surface area (TPSA) is 62.8 Å². The zero-order chi connectivity index (χ0) is 19.1. The lowest BCUT2D eigenvalue weighted by atomic mass is 10.0. The summed E-state index contributed by atoms with van der Waals surface area (Å²) in [6.45, 7) is -1.83. The first-order chi connectivity index (χ1) is 12.9. The molecular weight excluding hydrogens is 363 g/mol. The molecule has 142 valence electrons. The Morgan fingerprint density at radius 1 is 1.19 bits per heavy atom. The molecule has 0 aromatic heterocycles. The van der Waals surface area contributed by atoms with Gasteiger partial charge in [-0.15, -0.1) is 0 Å². The molecule has 27 heavy (non-hydrogen) atoms. The van der Waals surface area contributed by atoms with Gasteiger partial charge in [0.25, 0.3) is 0 Å². The Morgan fingerprint density at radius 2 is 1.89 bits per heavy atom. The van der Waals surface area contributed by atoms with Crippen LogP contribution >= 0.6 is 0 Å².